The van der Waals surface area contributed by atoms with Crippen LogP contribution >= 0.6 is 0 Å². The summed E-state index contributed by atoms with van der Waals surface area (Å²) in [6.45, 7) is 3.40. The highest BCUT2D eigenvalue weighted by atomic mass is 32.2. The maximum atomic E-state index is 13.7. The van der Waals surface area contributed by atoms with Crippen molar-refractivity contribution in [1.82, 2.24) is 0 Å². The minimum Gasteiger partial charge on any atom is -0.492 e. The van der Waals surface area contributed by atoms with E-state index in [1.807, 2.05) is 6.92 Å². The van der Waals surface area contributed by atoms with E-state index >= 15 is 0 Å². The van der Waals surface area contributed by atoms with Crippen LogP contribution in [0.1, 0.15) is 12.5 Å². The van der Waals surface area contributed by atoms with Gasteiger partial charge >= 0.3 is 0 Å². The van der Waals surface area contributed by atoms with Crippen LogP contribution in [0.25, 0.3) is 0 Å². The number of rotatable bonds is 10. The second-order valence-corrected chi connectivity index (χ2v) is 11.9. The van der Waals surface area contributed by atoms with Crippen LogP contribution in [-0.4, -0.2) is 49.2 Å². The van der Waals surface area contributed by atoms with E-state index < -0.39 is 32.5 Å². The van der Waals surface area contributed by atoms with E-state index in [2.05, 4.69) is 5.32 Å². The van der Waals surface area contributed by atoms with Gasteiger partial charge in [-0.15, -0.1) is 0 Å². The van der Waals surface area contributed by atoms with E-state index in [1.165, 1.54) is 25.2 Å². The van der Waals surface area contributed by atoms with Crippen LogP contribution in [0.3, 0.4) is 0 Å². The van der Waals surface area contributed by atoms with E-state index in [1.54, 1.807) is 61.5 Å². The van der Waals surface area contributed by atoms with Gasteiger partial charge in [0, 0.05) is 12.7 Å². The summed E-state index contributed by atoms with van der Waals surface area (Å²) in [4.78, 5) is 13.1. The minimum absolute atomic E-state index is 0.0315. The normalized spacial score (nSPS) is 11.6. The maximum Gasteiger partial charge on any atom is 0.264 e. The Labute approximate surface area is 212 Å². The Hall–Kier alpha value is -3.57. The van der Waals surface area contributed by atoms with E-state index in [0.29, 0.717) is 23.7 Å². The van der Waals surface area contributed by atoms with Crippen molar-refractivity contribution in [2.75, 3.05) is 40.4 Å². The SMILES string of the molecule is CCOc1ccccc1N(CC(=O)Nc1cccc(N(C)S(C)(=O)=O)c1)S(=O)(=O)c1ccc(C)cc1. The Morgan fingerprint density at radius 2 is 1.61 bits per heavy atom. The van der Waals surface area contributed by atoms with E-state index in [0.717, 1.165) is 20.4 Å². The number of aryl methyl sites for hydroxylation is 1. The molecule has 0 spiro atoms. The van der Waals surface area contributed by atoms with Gasteiger partial charge < -0.3 is 10.1 Å². The van der Waals surface area contributed by atoms with Gasteiger partial charge in [-0.25, -0.2) is 16.8 Å². The van der Waals surface area contributed by atoms with Gasteiger partial charge in [0.2, 0.25) is 15.9 Å². The molecular formula is C25H29N3O6S2. The number of sulfonamides is 2. The number of hydrogen-bond donors (Lipinski definition) is 1. The van der Waals surface area contributed by atoms with Gasteiger partial charge in [-0.3, -0.25) is 13.4 Å². The van der Waals surface area contributed by atoms with Crippen molar-refractivity contribution in [2.45, 2.75) is 18.7 Å². The second kappa shape index (κ2) is 11.0. The Morgan fingerprint density at radius 3 is 2.25 bits per heavy atom. The number of nitrogens with one attached hydrogen (secondary N) is 1. The minimum atomic E-state index is -4.14. The summed E-state index contributed by atoms with van der Waals surface area (Å²) in [6.07, 6.45) is 1.07. The molecule has 0 aliphatic heterocycles. The monoisotopic (exact) mass is 531 g/mol. The molecule has 0 bridgehead atoms. The van der Waals surface area contributed by atoms with Crippen molar-refractivity contribution < 1.29 is 26.4 Å². The van der Waals surface area contributed by atoms with E-state index in [-0.39, 0.29) is 10.6 Å². The van der Waals surface area contributed by atoms with Crippen LogP contribution in [0, 0.1) is 6.92 Å². The average Bonchev–Trinajstić information content (AvgIpc) is 2.82. The molecule has 1 amide bonds. The molecule has 0 aliphatic carbocycles. The highest BCUT2D eigenvalue weighted by molar-refractivity contribution is 7.93. The third kappa shape index (κ3) is 6.35. The third-order valence-corrected chi connectivity index (χ3v) is 8.30. The van der Waals surface area contributed by atoms with Crippen molar-refractivity contribution >= 4 is 43.0 Å². The Bertz CT molecular complexity index is 1440. The predicted molar refractivity (Wildman–Crippen MR) is 142 cm³/mol. The van der Waals surface area contributed by atoms with Crippen LogP contribution in [-0.2, 0) is 24.8 Å². The van der Waals surface area contributed by atoms with Crippen molar-refractivity contribution in [2.24, 2.45) is 0 Å². The van der Waals surface area contributed by atoms with Crippen molar-refractivity contribution in [1.29, 1.82) is 0 Å². The lowest BCUT2D eigenvalue weighted by Gasteiger charge is -2.26. The number of carbonyl (C=O) groups excluding carboxylic acids is 1. The molecule has 11 heteroatoms. The zero-order valence-corrected chi connectivity index (χ0v) is 22.1. The Morgan fingerprint density at radius 1 is 0.944 bits per heavy atom. The Kier molecular flexibility index (Phi) is 8.26. The molecule has 36 heavy (non-hydrogen) atoms. The Balaban J connectivity index is 1.97. The molecule has 9 nitrogen and oxygen atoms in total. The number of amides is 1. The van der Waals surface area contributed by atoms with Crippen molar-refractivity contribution in [3.63, 3.8) is 0 Å². The fourth-order valence-electron chi connectivity index (χ4n) is 3.38. The fraction of sp³-hybridized carbons (Fsp3) is 0.240. The average molecular weight is 532 g/mol. The first-order chi connectivity index (χ1) is 16.9. The molecule has 192 valence electrons. The first-order valence-corrected chi connectivity index (χ1v) is 14.4. The van der Waals surface area contributed by atoms with E-state index in [9.17, 15) is 21.6 Å². The molecule has 1 N–H and O–H groups in total. The highest BCUT2D eigenvalue weighted by Gasteiger charge is 2.29. The van der Waals surface area contributed by atoms with Crippen LogP contribution in [0.2, 0.25) is 0 Å². The molecule has 0 heterocycles. The first kappa shape index (κ1) is 27.0. The van der Waals surface area contributed by atoms with Gasteiger partial charge in [0.15, 0.2) is 0 Å². The lowest BCUT2D eigenvalue weighted by Crippen LogP contribution is -2.38. The zero-order valence-electron chi connectivity index (χ0n) is 20.5. The number of ether oxygens (including phenoxy) is 1. The van der Waals surface area contributed by atoms with Crippen LogP contribution in [0.4, 0.5) is 17.1 Å². The fourth-order valence-corrected chi connectivity index (χ4v) is 5.31. The quantitative estimate of drug-likeness (QED) is 0.428. The topological polar surface area (TPSA) is 113 Å². The predicted octanol–water partition coefficient (Wildman–Crippen LogP) is 3.62. The smallest absolute Gasteiger partial charge is 0.264 e. The lowest BCUT2D eigenvalue weighted by molar-refractivity contribution is -0.114. The first-order valence-electron chi connectivity index (χ1n) is 11.1. The summed E-state index contributed by atoms with van der Waals surface area (Å²) < 4.78 is 58.8. The van der Waals surface area contributed by atoms with Crippen LogP contribution in [0.5, 0.6) is 5.75 Å². The molecule has 0 saturated carbocycles. The van der Waals surface area contributed by atoms with Crippen LogP contribution in [0.15, 0.2) is 77.7 Å². The van der Waals surface area contributed by atoms with Crippen molar-refractivity contribution in [3.8, 4) is 5.75 Å². The molecule has 0 fully saturated rings. The molecule has 3 aromatic rings. The van der Waals surface area contributed by atoms with Crippen LogP contribution < -0.4 is 18.7 Å². The summed E-state index contributed by atoms with van der Waals surface area (Å²) in [5.41, 5.74) is 1.78. The standard InChI is InChI=1S/C25H29N3O6S2/c1-5-34-24-12-7-6-11-23(24)28(36(32,33)22-15-13-19(2)14-16-22)18-25(29)26-20-9-8-10-21(17-20)27(3)35(4,30)31/h6-17H,5,18H2,1-4H3,(H,26,29). The molecule has 0 atom stereocenters. The summed E-state index contributed by atoms with van der Waals surface area (Å²) in [6, 6.07) is 19.2. The number of anilines is 3. The van der Waals surface area contributed by atoms with Gasteiger partial charge in [-0.2, -0.15) is 0 Å². The maximum absolute atomic E-state index is 13.7. The van der Waals surface area contributed by atoms with Gasteiger partial charge in [0.25, 0.3) is 10.0 Å². The highest BCUT2D eigenvalue weighted by Crippen LogP contribution is 2.32. The summed E-state index contributed by atoms with van der Waals surface area (Å²) >= 11 is 0. The lowest BCUT2D eigenvalue weighted by atomic mass is 10.2. The zero-order chi connectivity index (χ0) is 26.5. The molecule has 0 saturated heterocycles. The summed E-state index contributed by atoms with van der Waals surface area (Å²) in [5, 5.41) is 2.67. The molecule has 0 aromatic heterocycles. The number of nitrogens with zero attached hydrogens (tertiary/aromatic N) is 2. The molecule has 0 radical (unpaired) electrons. The third-order valence-electron chi connectivity index (χ3n) is 5.32. The molecule has 3 aromatic carbocycles. The molecule has 0 unspecified atom stereocenters. The van der Waals surface area contributed by atoms with Crippen molar-refractivity contribution in [3.05, 3.63) is 78.4 Å². The number of hydrogen-bond acceptors (Lipinski definition) is 6. The molecule has 3 rings (SSSR count). The van der Waals surface area contributed by atoms with Gasteiger partial charge in [-0.05, 0) is 56.3 Å². The largest absolute Gasteiger partial charge is 0.492 e. The second-order valence-electron chi connectivity index (χ2n) is 8.05. The van der Waals surface area contributed by atoms with Gasteiger partial charge in [0.05, 0.1) is 29.1 Å². The van der Waals surface area contributed by atoms with E-state index in [4.69, 9.17) is 4.74 Å². The number of benzene rings is 3. The van der Waals surface area contributed by atoms with Gasteiger partial charge in [0.1, 0.15) is 12.3 Å². The number of para-hydroxylation sites is 2. The summed E-state index contributed by atoms with van der Waals surface area (Å²) in [5.74, 6) is -0.295. The van der Waals surface area contributed by atoms with Gasteiger partial charge in [-0.1, -0.05) is 35.9 Å². The number of carbonyl (C=O) groups is 1. The molecular weight excluding hydrogens is 502 g/mol. The molecule has 0 aliphatic rings. The summed E-state index contributed by atoms with van der Waals surface area (Å²) in [7, 11) is -6.24.